The maximum atomic E-state index is 13.0. The molecule has 0 aliphatic carbocycles. The molecule has 0 spiro atoms. The van der Waals surface area contributed by atoms with Gasteiger partial charge in [0.25, 0.3) is 0 Å². The highest BCUT2D eigenvalue weighted by Gasteiger charge is 2.23. The molecule has 132 valence electrons. The molecule has 5 nitrogen and oxygen atoms in total. The summed E-state index contributed by atoms with van der Waals surface area (Å²) in [6, 6.07) is 14.0. The molecule has 0 saturated carbocycles. The molecule has 2 rings (SSSR count). The second kappa shape index (κ2) is 9.42. The van der Waals surface area contributed by atoms with Crippen LogP contribution in [0.25, 0.3) is 0 Å². The van der Waals surface area contributed by atoms with Crippen LogP contribution in [0.4, 0.5) is 9.18 Å². The number of benzene rings is 2. The molecule has 6 heteroatoms. The van der Waals surface area contributed by atoms with Gasteiger partial charge in [-0.05, 0) is 30.2 Å². The Hall–Kier alpha value is -2.89. The normalized spacial score (nSPS) is 11.4. The van der Waals surface area contributed by atoms with E-state index in [1.54, 1.807) is 19.1 Å². The minimum Gasteiger partial charge on any atom is -0.464 e. The fourth-order valence-electron chi connectivity index (χ4n) is 2.20. The summed E-state index contributed by atoms with van der Waals surface area (Å²) in [4.78, 5) is 24.0. The third kappa shape index (κ3) is 6.25. The average Bonchev–Trinajstić information content (AvgIpc) is 2.62. The third-order valence-electron chi connectivity index (χ3n) is 3.43. The number of carbonyl (C=O) groups is 2. The number of nitrogens with one attached hydrogen (secondary N) is 1. The van der Waals surface area contributed by atoms with Crippen molar-refractivity contribution in [2.24, 2.45) is 0 Å². The van der Waals surface area contributed by atoms with E-state index in [1.807, 2.05) is 30.3 Å². The number of rotatable bonds is 7. The summed E-state index contributed by atoms with van der Waals surface area (Å²) in [7, 11) is 0. The van der Waals surface area contributed by atoms with E-state index in [9.17, 15) is 14.0 Å². The van der Waals surface area contributed by atoms with E-state index < -0.39 is 18.1 Å². The van der Waals surface area contributed by atoms with Gasteiger partial charge in [-0.3, -0.25) is 0 Å². The van der Waals surface area contributed by atoms with Crippen molar-refractivity contribution in [1.82, 2.24) is 5.32 Å². The molecule has 0 saturated heterocycles. The number of ether oxygens (including phenoxy) is 2. The van der Waals surface area contributed by atoms with Crippen molar-refractivity contribution >= 4 is 12.1 Å². The van der Waals surface area contributed by atoms with E-state index in [0.29, 0.717) is 5.56 Å². The molecular formula is C19H20FNO4. The molecule has 1 N–H and O–H groups in total. The molecule has 0 unspecified atom stereocenters. The summed E-state index contributed by atoms with van der Waals surface area (Å²) >= 11 is 0. The molecular weight excluding hydrogens is 325 g/mol. The fourth-order valence-corrected chi connectivity index (χ4v) is 2.20. The van der Waals surface area contributed by atoms with Gasteiger partial charge in [0.15, 0.2) is 0 Å². The first-order chi connectivity index (χ1) is 12.1. The summed E-state index contributed by atoms with van der Waals surface area (Å²) in [5.41, 5.74) is 1.53. The molecule has 1 amide bonds. The zero-order valence-corrected chi connectivity index (χ0v) is 13.9. The summed E-state index contributed by atoms with van der Waals surface area (Å²) in [6.07, 6.45) is -0.538. The minimum absolute atomic E-state index is 0.0960. The molecule has 0 aromatic heterocycles. The molecule has 0 fully saturated rings. The van der Waals surface area contributed by atoms with Gasteiger partial charge in [0.2, 0.25) is 0 Å². The SMILES string of the molecule is CCOC(=O)[C@H](Cc1ccc(F)cc1)NC(=O)OCc1ccccc1. The average molecular weight is 345 g/mol. The van der Waals surface area contributed by atoms with Crippen LogP contribution in [0.2, 0.25) is 0 Å². The van der Waals surface area contributed by atoms with Crippen LogP contribution in [0, 0.1) is 5.82 Å². The van der Waals surface area contributed by atoms with Crippen LogP contribution in [0.5, 0.6) is 0 Å². The van der Waals surface area contributed by atoms with Crippen LogP contribution in [-0.4, -0.2) is 24.7 Å². The lowest BCUT2D eigenvalue weighted by Gasteiger charge is -2.17. The summed E-state index contributed by atoms with van der Waals surface area (Å²) in [5.74, 6) is -0.935. The van der Waals surface area contributed by atoms with E-state index in [2.05, 4.69) is 5.32 Å². The molecule has 2 aromatic rings. The van der Waals surface area contributed by atoms with Crippen molar-refractivity contribution in [2.75, 3.05) is 6.61 Å². The summed E-state index contributed by atoms with van der Waals surface area (Å²) < 4.78 is 23.1. The second-order valence-corrected chi connectivity index (χ2v) is 5.34. The standard InChI is InChI=1S/C19H20FNO4/c1-2-24-18(22)17(12-14-8-10-16(20)11-9-14)21-19(23)25-13-15-6-4-3-5-7-15/h3-11,17H,2,12-13H2,1H3,(H,21,23)/t17-/m0/s1. The maximum absolute atomic E-state index is 13.0. The first-order valence-corrected chi connectivity index (χ1v) is 7.96. The Morgan fingerprint density at radius 3 is 2.32 bits per heavy atom. The molecule has 0 radical (unpaired) electrons. The number of esters is 1. The lowest BCUT2D eigenvalue weighted by Crippen LogP contribution is -2.43. The summed E-state index contributed by atoms with van der Waals surface area (Å²) in [5, 5.41) is 2.51. The maximum Gasteiger partial charge on any atom is 0.408 e. The molecule has 0 bridgehead atoms. The fraction of sp³-hybridized carbons (Fsp3) is 0.263. The molecule has 2 aromatic carbocycles. The van der Waals surface area contributed by atoms with Crippen molar-refractivity contribution in [3.05, 3.63) is 71.5 Å². The van der Waals surface area contributed by atoms with E-state index in [4.69, 9.17) is 9.47 Å². The second-order valence-electron chi connectivity index (χ2n) is 5.34. The Morgan fingerprint density at radius 1 is 1.00 bits per heavy atom. The van der Waals surface area contributed by atoms with Gasteiger partial charge in [-0.1, -0.05) is 42.5 Å². The number of hydrogen-bond acceptors (Lipinski definition) is 4. The van der Waals surface area contributed by atoms with Crippen LogP contribution >= 0.6 is 0 Å². The Labute approximate surface area is 145 Å². The largest absolute Gasteiger partial charge is 0.464 e. The van der Waals surface area contributed by atoms with Crippen molar-refractivity contribution in [3.8, 4) is 0 Å². The predicted octanol–water partition coefficient (Wildman–Crippen LogP) is 3.23. The van der Waals surface area contributed by atoms with Gasteiger partial charge in [0.05, 0.1) is 6.61 Å². The van der Waals surface area contributed by atoms with E-state index in [1.165, 1.54) is 12.1 Å². The number of alkyl carbamates (subject to hydrolysis) is 1. The van der Waals surface area contributed by atoms with Gasteiger partial charge in [-0.2, -0.15) is 0 Å². The highest BCUT2D eigenvalue weighted by atomic mass is 19.1. The lowest BCUT2D eigenvalue weighted by molar-refractivity contribution is -0.145. The van der Waals surface area contributed by atoms with Crippen molar-refractivity contribution in [1.29, 1.82) is 0 Å². The predicted molar refractivity (Wildman–Crippen MR) is 90.3 cm³/mol. The minimum atomic E-state index is -0.909. The van der Waals surface area contributed by atoms with Gasteiger partial charge in [0, 0.05) is 6.42 Å². The Kier molecular flexibility index (Phi) is 6.95. The third-order valence-corrected chi connectivity index (χ3v) is 3.43. The molecule has 1 atom stereocenters. The zero-order chi connectivity index (χ0) is 18.1. The molecule has 0 heterocycles. The van der Waals surface area contributed by atoms with Gasteiger partial charge in [0.1, 0.15) is 18.5 Å². The van der Waals surface area contributed by atoms with Gasteiger partial charge >= 0.3 is 12.1 Å². The number of hydrogen-bond donors (Lipinski definition) is 1. The monoisotopic (exact) mass is 345 g/mol. The topological polar surface area (TPSA) is 64.6 Å². The Balaban J connectivity index is 1.96. The first-order valence-electron chi connectivity index (χ1n) is 7.96. The first kappa shape index (κ1) is 18.4. The van der Waals surface area contributed by atoms with E-state index in [0.717, 1.165) is 5.56 Å². The highest BCUT2D eigenvalue weighted by molar-refractivity contribution is 5.81. The quantitative estimate of drug-likeness (QED) is 0.783. The number of halogens is 1. The van der Waals surface area contributed by atoms with Crippen molar-refractivity contribution in [3.63, 3.8) is 0 Å². The van der Waals surface area contributed by atoms with Crippen molar-refractivity contribution in [2.45, 2.75) is 26.0 Å². The van der Waals surface area contributed by atoms with E-state index in [-0.39, 0.29) is 25.5 Å². The van der Waals surface area contributed by atoms with Crippen molar-refractivity contribution < 1.29 is 23.5 Å². The van der Waals surface area contributed by atoms with Gasteiger partial charge in [-0.15, -0.1) is 0 Å². The zero-order valence-electron chi connectivity index (χ0n) is 13.9. The number of amides is 1. The summed E-state index contributed by atoms with van der Waals surface area (Å²) in [6.45, 7) is 1.97. The smallest absolute Gasteiger partial charge is 0.408 e. The number of carbonyl (C=O) groups excluding carboxylic acids is 2. The van der Waals surface area contributed by atoms with Gasteiger partial charge < -0.3 is 14.8 Å². The Bertz CT molecular complexity index is 688. The molecule has 0 aliphatic heterocycles. The van der Waals surface area contributed by atoms with Crippen LogP contribution in [0.15, 0.2) is 54.6 Å². The van der Waals surface area contributed by atoms with Crippen LogP contribution in [-0.2, 0) is 27.3 Å². The van der Waals surface area contributed by atoms with E-state index >= 15 is 0 Å². The van der Waals surface area contributed by atoms with Crippen LogP contribution in [0.1, 0.15) is 18.1 Å². The van der Waals surface area contributed by atoms with Gasteiger partial charge in [-0.25, -0.2) is 14.0 Å². The Morgan fingerprint density at radius 2 is 1.68 bits per heavy atom. The lowest BCUT2D eigenvalue weighted by atomic mass is 10.1. The highest BCUT2D eigenvalue weighted by Crippen LogP contribution is 2.08. The molecule has 25 heavy (non-hydrogen) atoms. The van der Waals surface area contributed by atoms with Crippen LogP contribution in [0.3, 0.4) is 0 Å². The van der Waals surface area contributed by atoms with Crippen LogP contribution < -0.4 is 5.32 Å². The molecule has 0 aliphatic rings.